The molecule has 0 aromatic carbocycles. The minimum Gasteiger partial charge on any atom is -0.410 e. The number of amides is 1. The van der Waals surface area contributed by atoms with Crippen molar-refractivity contribution in [2.24, 2.45) is 0 Å². The van der Waals surface area contributed by atoms with Crippen molar-refractivity contribution in [3.63, 3.8) is 0 Å². The summed E-state index contributed by atoms with van der Waals surface area (Å²) in [6, 6.07) is 8.66. The zero-order valence-electron chi connectivity index (χ0n) is 11.6. The van der Waals surface area contributed by atoms with Gasteiger partial charge in [-0.05, 0) is 24.3 Å². The van der Waals surface area contributed by atoms with Gasteiger partial charge in [0.1, 0.15) is 11.5 Å². The number of nitrogens with zero attached hydrogens (tertiary/aromatic N) is 4. The quantitative estimate of drug-likeness (QED) is 0.709. The van der Waals surface area contributed by atoms with Crippen molar-refractivity contribution in [1.29, 1.82) is 0 Å². The summed E-state index contributed by atoms with van der Waals surface area (Å²) in [6.45, 7) is 0. The van der Waals surface area contributed by atoms with Crippen LogP contribution >= 0.6 is 23.4 Å². The summed E-state index contributed by atoms with van der Waals surface area (Å²) >= 11 is 6.86. The molecule has 7 nitrogen and oxygen atoms in total. The maximum Gasteiger partial charge on any atom is 0.277 e. The molecule has 0 saturated heterocycles. The summed E-state index contributed by atoms with van der Waals surface area (Å²) in [5.41, 5.74) is 0.585. The van der Waals surface area contributed by atoms with E-state index in [9.17, 15) is 4.79 Å². The van der Waals surface area contributed by atoms with Gasteiger partial charge in [0.05, 0.1) is 10.8 Å². The van der Waals surface area contributed by atoms with Crippen molar-refractivity contribution in [2.45, 2.75) is 5.22 Å². The molecule has 0 unspecified atom stereocenters. The number of anilines is 1. The maximum atomic E-state index is 11.8. The van der Waals surface area contributed by atoms with Crippen molar-refractivity contribution in [1.82, 2.24) is 20.2 Å². The summed E-state index contributed by atoms with van der Waals surface area (Å²) in [5.74, 6) is 0.628. The number of aromatic nitrogens is 4. The highest BCUT2D eigenvalue weighted by atomic mass is 35.5. The summed E-state index contributed by atoms with van der Waals surface area (Å²) in [4.78, 5) is 19.9. The molecular weight excluding hydrogens is 338 g/mol. The molecule has 3 aromatic rings. The molecule has 1 amide bonds. The van der Waals surface area contributed by atoms with Crippen molar-refractivity contribution < 1.29 is 9.21 Å². The molecule has 3 aromatic heterocycles. The molecular formula is C14H10ClN5O2S. The van der Waals surface area contributed by atoms with E-state index in [1.807, 2.05) is 6.07 Å². The summed E-state index contributed by atoms with van der Waals surface area (Å²) in [5, 5.41) is 11.2. The second-order valence-corrected chi connectivity index (χ2v) is 5.65. The predicted octanol–water partition coefficient (Wildman–Crippen LogP) is 2.91. The van der Waals surface area contributed by atoms with E-state index in [0.29, 0.717) is 27.6 Å². The zero-order chi connectivity index (χ0) is 16.1. The van der Waals surface area contributed by atoms with Crippen molar-refractivity contribution in [2.75, 3.05) is 11.1 Å². The molecule has 0 fully saturated rings. The van der Waals surface area contributed by atoms with Crippen molar-refractivity contribution in [3.05, 3.63) is 47.7 Å². The van der Waals surface area contributed by atoms with E-state index >= 15 is 0 Å². The van der Waals surface area contributed by atoms with E-state index in [-0.39, 0.29) is 11.7 Å². The number of pyridine rings is 2. The number of thioether (sulfide) groups is 1. The zero-order valence-corrected chi connectivity index (χ0v) is 13.2. The van der Waals surface area contributed by atoms with Crippen LogP contribution in [0.25, 0.3) is 11.6 Å². The third-order valence-corrected chi connectivity index (χ3v) is 3.65. The van der Waals surface area contributed by atoms with E-state index in [1.54, 1.807) is 30.5 Å². The molecule has 23 heavy (non-hydrogen) atoms. The molecule has 0 radical (unpaired) electrons. The van der Waals surface area contributed by atoms with Gasteiger partial charge in [0.2, 0.25) is 5.91 Å². The average molecular weight is 348 g/mol. The Labute approximate surface area is 140 Å². The monoisotopic (exact) mass is 347 g/mol. The molecule has 0 saturated carbocycles. The predicted molar refractivity (Wildman–Crippen MR) is 86.1 cm³/mol. The Morgan fingerprint density at radius 1 is 1.22 bits per heavy atom. The van der Waals surface area contributed by atoms with Gasteiger partial charge in [0.25, 0.3) is 11.1 Å². The van der Waals surface area contributed by atoms with E-state index in [2.05, 4.69) is 25.5 Å². The second kappa shape index (κ2) is 7.21. The van der Waals surface area contributed by atoms with E-state index in [0.717, 1.165) is 11.8 Å². The Bertz CT molecular complexity index is 794. The number of carbonyl (C=O) groups is 1. The Morgan fingerprint density at radius 3 is 2.87 bits per heavy atom. The number of halogens is 1. The highest BCUT2D eigenvalue weighted by Crippen LogP contribution is 2.21. The number of carbonyl (C=O) groups excluding carboxylic acids is 1. The van der Waals surface area contributed by atoms with Crippen LogP contribution < -0.4 is 5.32 Å². The Morgan fingerprint density at radius 2 is 2.13 bits per heavy atom. The van der Waals surface area contributed by atoms with Crippen LogP contribution in [0.4, 0.5) is 5.82 Å². The molecule has 116 valence electrons. The molecule has 3 rings (SSSR count). The lowest BCUT2D eigenvalue weighted by Gasteiger charge is -2.02. The SMILES string of the molecule is O=C(CSc1nnc(-c2ccccn2)o1)Nc1ccc(Cl)cn1. The first kappa shape index (κ1) is 15.4. The van der Waals surface area contributed by atoms with Crippen molar-refractivity contribution >= 4 is 35.1 Å². The lowest BCUT2D eigenvalue weighted by atomic mass is 10.3. The fourth-order valence-electron chi connectivity index (χ4n) is 1.62. The highest BCUT2D eigenvalue weighted by molar-refractivity contribution is 7.99. The van der Waals surface area contributed by atoms with Gasteiger partial charge < -0.3 is 9.73 Å². The van der Waals surface area contributed by atoms with Crippen LogP contribution in [0.1, 0.15) is 0 Å². The molecule has 0 aliphatic rings. The van der Waals surface area contributed by atoms with Gasteiger partial charge in [-0.2, -0.15) is 0 Å². The van der Waals surface area contributed by atoms with Gasteiger partial charge in [-0.1, -0.05) is 29.4 Å². The third-order valence-electron chi connectivity index (χ3n) is 2.61. The first-order valence-corrected chi connectivity index (χ1v) is 7.86. The molecule has 0 aliphatic carbocycles. The van der Waals surface area contributed by atoms with Crippen molar-refractivity contribution in [3.8, 4) is 11.6 Å². The highest BCUT2D eigenvalue weighted by Gasteiger charge is 2.12. The minimum atomic E-state index is -0.234. The number of hydrogen-bond donors (Lipinski definition) is 1. The Hall–Kier alpha value is -2.45. The van der Waals surface area contributed by atoms with Gasteiger partial charge in [0, 0.05) is 12.4 Å². The Balaban J connectivity index is 1.55. The topological polar surface area (TPSA) is 93.8 Å². The standard InChI is InChI=1S/C14H10ClN5O2S/c15-9-4-5-11(17-7-9)18-12(21)8-23-14-20-19-13(22-14)10-3-1-2-6-16-10/h1-7H,8H2,(H,17,18,21). The van der Waals surface area contributed by atoms with Gasteiger partial charge in [0.15, 0.2) is 0 Å². The first-order valence-electron chi connectivity index (χ1n) is 6.50. The smallest absolute Gasteiger partial charge is 0.277 e. The van der Waals surface area contributed by atoms with Gasteiger partial charge in [-0.15, -0.1) is 10.2 Å². The normalized spacial score (nSPS) is 10.5. The average Bonchev–Trinajstić information content (AvgIpc) is 3.05. The number of rotatable bonds is 5. The summed E-state index contributed by atoms with van der Waals surface area (Å²) in [7, 11) is 0. The van der Waals surface area contributed by atoms with E-state index < -0.39 is 0 Å². The number of nitrogens with one attached hydrogen (secondary N) is 1. The van der Waals surface area contributed by atoms with Gasteiger partial charge in [-0.25, -0.2) is 4.98 Å². The maximum absolute atomic E-state index is 11.8. The number of hydrogen-bond acceptors (Lipinski definition) is 7. The largest absolute Gasteiger partial charge is 0.410 e. The first-order chi connectivity index (χ1) is 11.2. The van der Waals surface area contributed by atoms with Crippen LogP contribution in [0.15, 0.2) is 52.4 Å². The van der Waals surface area contributed by atoms with Crippen LogP contribution in [-0.2, 0) is 4.79 Å². The molecule has 0 bridgehead atoms. The molecule has 0 spiro atoms. The molecule has 9 heteroatoms. The van der Waals surface area contributed by atoms with E-state index in [4.69, 9.17) is 16.0 Å². The molecule has 3 heterocycles. The lowest BCUT2D eigenvalue weighted by Crippen LogP contribution is -2.14. The van der Waals surface area contributed by atoms with Crippen LogP contribution in [0.5, 0.6) is 0 Å². The van der Waals surface area contributed by atoms with Gasteiger partial charge in [-0.3, -0.25) is 9.78 Å². The Kier molecular flexibility index (Phi) is 4.84. The second-order valence-electron chi connectivity index (χ2n) is 4.29. The fourth-order valence-corrected chi connectivity index (χ4v) is 2.29. The van der Waals surface area contributed by atoms with Crippen LogP contribution in [-0.4, -0.2) is 31.8 Å². The van der Waals surface area contributed by atoms with Gasteiger partial charge >= 0.3 is 0 Å². The third kappa shape index (κ3) is 4.27. The van der Waals surface area contributed by atoms with E-state index in [1.165, 1.54) is 6.20 Å². The van der Waals surface area contributed by atoms with Crippen LogP contribution in [0.3, 0.4) is 0 Å². The molecule has 0 atom stereocenters. The lowest BCUT2D eigenvalue weighted by molar-refractivity contribution is -0.113. The summed E-state index contributed by atoms with van der Waals surface area (Å²) in [6.07, 6.45) is 3.10. The summed E-state index contributed by atoms with van der Waals surface area (Å²) < 4.78 is 5.45. The fraction of sp³-hybridized carbons (Fsp3) is 0.0714. The molecule has 0 aliphatic heterocycles. The minimum absolute atomic E-state index is 0.119. The van der Waals surface area contributed by atoms with Crippen LogP contribution in [0, 0.1) is 0 Å². The van der Waals surface area contributed by atoms with Crippen LogP contribution in [0.2, 0.25) is 5.02 Å². The molecule has 1 N–H and O–H groups in total.